The van der Waals surface area contributed by atoms with Gasteiger partial charge in [-0.2, -0.15) is 0 Å². The predicted octanol–water partition coefficient (Wildman–Crippen LogP) is -1.03. The maximum atomic E-state index is 11.7. The fourth-order valence-corrected chi connectivity index (χ4v) is 1.95. The van der Waals surface area contributed by atoms with Crippen LogP contribution in [0.25, 0.3) is 0 Å². The number of unbranched alkanes of at least 4 members (excludes halogenated alkanes) is 1. The lowest BCUT2D eigenvalue weighted by molar-refractivity contribution is -0.144. The summed E-state index contributed by atoms with van der Waals surface area (Å²) in [5.41, 5.74) is 0. The first kappa shape index (κ1) is 16.4. The van der Waals surface area contributed by atoms with Crippen LogP contribution in [0.1, 0.15) is 19.8 Å². The molecule has 8 nitrogen and oxygen atoms in total. The first-order valence-corrected chi connectivity index (χ1v) is 6.79. The van der Waals surface area contributed by atoms with Crippen LogP contribution in [-0.2, 0) is 9.59 Å². The summed E-state index contributed by atoms with van der Waals surface area (Å²) in [5, 5.41) is 16.8. The van der Waals surface area contributed by atoms with Gasteiger partial charge in [0, 0.05) is 26.2 Å². The summed E-state index contributed by atoms with van der Waals surface area (Å²) in [7, 11) is 0. The van der Waals surface area contributed by atoms with E-state index in [0.717, 1.165) is 12.8 Å². The van der Waals surface area contributed by atoms with Gasteiger partial charge in [-0.15, -0.1) is 0 Å². The van der Waals surface area contributed by atoms with Gasteiger partial charge in [-0.1, -0.05) is 13.3 Å². The van der Waals surface area contributed by atoms with Gasteiger partial charge in [0.05, 0.1) is 6.54 Å². The first-order valence-electron chi connectivity index (χ1n) is 6.79. The molecule has 1 unspecified atom stereocenters. The number of carbonyl (C=O) groups excluding carboxylic acids is 2. The third-order valence-electron chi connectivity index (χ3n) is 3.05. The van der Waals surface area contributed by atoms with E-state index in [9.17, 15) is 14.4 Å². The van der Waals surface area contributed by atoms with Crippen LogP contribution in [0.5, 0.6) is 0 Å². The molecule has 0 saturated carbocycles. The van der Waals surface area contributed by atoms with Gasteiger partial charge in [-0.05, 0) is 6.42 Å². The number of imide groups is 1. The van der Waals surface area contributed by atoms with Gasteiger partial charge in [0.1, 0.15) is 6.04 Å². The van der Waals surface area contributed by atoms with Crippen LogP contribution in [0.15, 0.2) is 0 Å². The number of urea groups is 1. The van der Waals surface area contributed by atoms with Gasteiger partial charge in [-0.3, -0.25) is 19.8 Å². The quantitative estimate of drug-likeness (QED) is 0.465. The number of carbonyl (C=O) groups is 3. The predicted molar refractivity (Wildman–Crippen MR) is 72.3 cm³/mol. The Bertz CT molecular complexity index is 361. The number of piperazine rings is 1. The Morgan fingerprint density at radius 3 is 2.80 bits per heavy atom. The van der Waals surface area contributed by atoms with Crippen molar-refractivity contribution in [1.29, 1.82) is 0 Å². The lowest BCUT2D eigenvalue weighted by atomic mass is 10.2. The normalized spacial score (nSPS) is 19.4. The second kappa shape index (κ2) is 8.49. The van der Waals surface area contributed by atoms with Crippen molar-refractivity contribution in [1.82, 2.24) is 20.9 Å². The van der Waals surface area contributed by atoms with Crippen molar-refractivity contribution in [3.8, 4) is 0 Å². The van der Waals surface area contributed by atoms with Gasteiger partial charge in [0.2, 0.25) is 5.91 Å². The minimum absolute atomic E-state index is 0.0974. The molecule has 0 aliphatic carbocycles. The smallest absolute Gasteiger partial charge is 0.322 e. The van der Waals surface area contributed by atoms with Crippen LogP contribution in [0.3, 0.4) is 0 Å². The summed E-state index contributed by atoms with van der Waals surface area (Å²) in [4.78, 5) is 35.7. The summed E-state index contributed by atoms with van der Waals surface area (Å²) in [6, 6.07) is -1.27. The van der Waals surface area contributed by atoms with Gasteiger partial charge < -0.3 is 15.7 Å². The lowest BCUT2D eigenvalue weighted by Crippen LogP contribution is -2.57. The van der Waals surface area contributed by atoms with Crippen molar-refractivity contribution in [2.24, 2.45) is 0 Å². The van der Waals surface area contributed by atoms with Gasteiger partial charge in [0.15, 0.2) is 0 Å². The van der Waals surface area contributed by atoms with Crippen molar-refractivity contribution in [2.45, 2.75) is 25.8 Å². The number of carboxylic acids is 1. The third-order valence-corrected chi connectivity index (χ3v) is 3.05. The highest BCUT2D eigenvalue weighted by molar-refractivity contribution is 5.95. The molecule has 0 radical (unpaired) electrons. The molecule has 1 atom stereocenters. The zero-order valence-electron chi connectivity index (χ0n) is 11.6. The van der Waals surface area contributed by atoms with E-state index >= 15 is 0 Å². The molecule has 0 spiro atoms. The van der Waals surface area contributed by atoms with Crippen molar-refractivity contribution >= 4 is 17.9 Å². The Morgan fingerprint density at radius 1 is 1.40 bits per heavy atom. The van der Waals surface area contributed by atoms with Crippen molar-refractivity contribution in [2.75, 3.05) is 32.7 Å². The Kier molecular flexibility index (Phi) is 6.96. The molecule has 0 bridgehead atoms. The minimum atomic E-state index is -0.975. The Morgan fingerprint density at radius 2 is 2.15 bits per heavy atom. The molecule has 0 aromatic heterocycles. The standard InChI is InChI=1S/C12H22N4O4/c1-2-3-4-14-12(20)15-10(17)8-16-6-5-13-7-9(16)11(18)19/h9,13H,2-8H2,1H3,(H,18,19)(H2,14,15,17,20). The van der Waals surface area contributed by atoms with Crippen LogP contribution >= 0.6 is 0 Å². The number of hydrogen-bond acceptors (Lipinski definition) is 5. The molecular formula is C12H22N4O4. The summed E-state index contributed by atoms with van der Waals surface area (Å²) in [6.07, 6.45) is 1.80. The molecule has 1 fully saturated rings. The van der Waals surface area contributed by atoms with Gasteiger partial charge in [-0.25, -0.2) is 4.79 Å². The van der Waals surface area contributed by atoms with Gasteiger partial charge in [0.25, 0.3) is 0 Å². The number of nitrogens with zero attached hydrogens (tertiary/aromatic N) is 1. The third kappa shape index (κ3) is 5.54. The van der Waals surface area contributed by atoms with E-state index in [4.69, 9.17) is 5.11 Å². The molecule has 1 saturated heterocycles. The summed E-state index contributed by atoms with van der Waals surface area (Å²) >= 11 is 0. The van der Waals surface area contributed by atoms with Crippen molar-refractivity contribution in [3.63, 3.8) is 0 Å². The van der Waals surface area contributed by atoms with Crippen molar-refractivity contribution in [3.05, 3.63) is 0 Å². The molecule has 8 heteroatoms. The number of rotatable bonds is 6. The molecule has 4 N–H and O–H groups in total. The Balaban J connectivity index is 2.36. The van der Waals surface area contributed by atoms with E-state index in [1.165, 1.54) is 0 Å². The Hall–Kier alpha value is -1.67. The van der Waals surface area contributed by atoms with E-state index in [0.29, 0.717) is 26.2 Å². The molecule has 0 aromatic carbocycles. The largest absolute Gasteiger partial charge is 0.480 e. The Labute approximate surface area is 117 Å². The lowest BCUT2D eigenvalue weighted by Gasteiger charge is -2.32. The minimum Gasteiger partial charge on any atom is -0.480 e. The molecule has 1 aliphatic rings. The van der Waals surface area contributed by atoms with Crippen LogP contribution in [-0.4, -0.2) is 66.7 Å². The second-order valence-corrected chi connectivity index (χ2v) is 4.69. The molecule has 114 valence electrons. The number of carboxylic acid groups (broad SMARTS) is 1. The summed E-state index contributed by atoms with van der Waals surface area (Å²) in [6.45, 7) is 3.80. The van der Waals surface area contributed by atoms with Crippen LogP contribution in [0.4, 0.5) is 4.79 Å². The zero-order valence-corrected chi connectivity index (χ0v) is 11.6. The SMILES string of the molecule is CCCCNC(=O)NC(=O)CN1CCNCC1C(=O)O. The number of amides is 3. The van der Waals surface area contributed by atoms with Crippen LogP contribution in [0.2, 0.25) is 0 Å². The first-order chi connectivity index (χ1) is 9.54. The number of hydrogen-bond donors (Lipinski definition) is 4. The summed E-state index contributed by atoms with van der Waals surface area (Å²) in [5.74, 6) is -1.47. The highest BCUT2D eigenvalue weighted by Crippen LogP contribution is 2.02. The average molecular weight is 286 g/mol. The highest BCUT2D eigenvalue weighted by Gasteiger charge is 2.29. The topological polar surface area (TPSA) is 111 Å². The summed E-state index contributed by atoms with van der Waals surface area (Å²) < 4.78 is 0. The van der Waals surface area contributed by atoms with E-state index in [2.05, 4.69) is 16.0 Å². The zero-order chi connectivity index (χ0) is 15.0. The number of nitrogens with one attached hydrogen (secondary N) is 3. The maximum absolute atomic E-state index is 11.7. The van der Waals surface area contributed by atoms with E-state index in [-0.39, 0.29) is 6.54 Å². The van der Waals surface area contributed by atoms with Crippen LogP contribution < -0.4 is 16.0 Å². The second-order valence-electron chi connectivity index (χ2n) is 4.69. The van der Waals surface area contributed by atoms with E-state index in [1.807, 2.05) is 6.92 Å². The fraction of sp³-hybridized carbons (Fsp3) is 0.750. The van der Waals surface area contributed by atoms with Crippen LogP contribution in [0, 0.1) is 0 Å². The monoisotopic (exact) mass is 286 g/mol. The number of aliphatic carboxylic acids is 1. The average Bonchev–Trinajstić information content (AvgIpc) is 2.39. The molecule has 1 heterocycles. The molecule has 20 heavy (non-hydrogen) atoms. The molecular weight excluding hydrogens is 264 g/mol. The fourth-order valence-electron chi connectivity index (χ4n) is 1.95. The van der Waals surface area contributed by atoms with E-state index in [1.54, 1.807) is 4.90 Å². The molecule has 3 amide bonds. The molecule has 1 rings (SSSR count). The molecule has 0 aromatic rings. The highest BCUT2D eigenvalue weighted by atomic mass is 16.4. The molecule has 1 aliphatic heterocycles. The van der Waals surface area contributed by atoms with E-state index < -0.39 is 23.9 Å². The van der Waals surface area contributed by atoms with Gasteiger partial charge >= 0.3 is 12.0 Å². The maximum Gasteiger partial charge on any atom is 0.322 e. The van der Waals surface area contributed by atoms with Crippen molar-refractivity contribution < 1.29 is 19.5 Å².